The molecule has 3 aliphatic rings. The number of hydrogen-bond donors (Lipinski definition) is 2. The van der Waals surface area contributed by atoms with E-state index in [1.54, 1.807) is 11.3 Å². The van der Waals surface area contributed by atoms with Crippen molar-refractivity contribution < 1.29 is 4.74 Å². The third-order valence-electron chi connectivity index (χ3n) is 6.93. The molecule has 0 spiro atoms. The van der Waals surface area contributed by atoms with Crippen molar-refractivity contribution in [2.75, 3.05) is 63.9 Å². The van der Waals surface area contributed by atoms with Crippen molar-refractivity contribution in [2.45, 2.75) is 63.8 Å². The van der Waals surface area contributed by atoms with E-state index < -0.39 is 0 Å². The summed E-state index contributed by atoms with van der Waals surface area (Å²) in [5.41, 5.74) is 1.40. The van der Waals surface area contributed by atoms with Crippen molar-refractivity contribution in [3.8, 4) is 0 Å². The van der Waals surface area contributed by atoms with Gasteiger partial charge >= 0.3 is 0 Å². The molecule has 7 nitrogen and oxygen atoms in total. The van der Waals surface area contributed by atoms with E-state index >= 15 is 0 Å². The van der Waals surface area contributed by atoms with Crippen LogP contribution in [0.5, 0.6) is 0 Å². The van der Waals surface area contributed by atoms with Gasteiger partial charge in [-0.2, -0.15) is 0 Å². The van der Waals surface area contributed by atoms with Gasteiger partial charge in [0.15, 0.2) is 11.1 Å². The van der Waals surface area contributed by atoms with E-state index in [9.17, 15) is 0 Å². The lowest BCUT2D eigenvalue weighted by Crippen LogP contribution is -2.56. The summed E-state index contributed by atoms with van der Waals surface area (Å²) in [6, 6.07) is 0. The number of anilines is 1. The highest BCUT2D eigenvalue weighted by Crippen LogP contribution is 2.34. The summed E-state index contributed by atoms with van der Waals surface area (Å²) >= 11 is 1.79. The second-order valence-corrected chi connectivity index (χ2v) is 9.91. The standard InChI is InChI=1S/C23H40N6OS/c1-2-24-21(25-11-8-20-18-31-22(27-20)28-12-6-7-13-28)26-19-23(9-4-3-5-10-23)29-14-16-30-17-15-29/h18H,2-17,19H2,1H3,(H2,24,25,26). The molecule has 0 amide bonds. The number of morpholine rings is 1. The van der Waals surface area contributed by atoms with Crippen LogP contribution in [0.3, 0.4) is 0 Å². The fourth-order valence-electron chi connectivity index (χ4n) is 5.16. The summed E-state index contributed by atoms with van der Waals surface area (Å²) in [6.07, 6.45) is 10.0. The first kappa shape index (κ1) is 22.8. The van der Waals surface area contributed by atoms with Gasteiger partial charge in [0.2, 0.25) is 0 Å². The number of ether oxygens (including phenoxy) is 1. The number of nitrogens with one attached hydrogen (secondary N) is 2. The van der Waals surface area contributed by atoms with E-state index in [-0.39, 0.29) is 5.54 Å². The van der Waals surface area contributed by atoms with E-state index in [4.69, 9.17) is 14.7 Å². The van der Waals surface area contributed by atoms with Crippen LogP contribution in [0.15, 0.2) is 10.4 Å². The van der Waals surface area contributed by atoms with Crippen molar-refractivity contribution in [1.82, 2.24) is 20.5 Å². The number of aromatic nitrogens is 1. The van der Waals surface area contributed by atoms with Crippen molar-refractivity contribution >= 4 is 22.4 Å². The summed E-state index contributed by atoms with van der Waals surface area (Å²) < 4.78 is 5.62. The summed E-state index contributed by atoms with van der Waals surface area (Å²) in [5, 5.41) is 10.4. The Hall–Kier alpha value is -1.38. The number of guanidine groups is 1. The number of hydrogen-bond acceptors (Lipinski definition) is 6. The molecule has 174 valence electrons. The zero-order valence-corrected chi connectivity index (χ0v) is 20.0. The van der Waals surface area contributed by atoms with E-state index in [1.807, 2.05) is 0 Å². The lowest BCUT2D eigenvalue weighted by atomic mass is 9.80. The average Bonchev–Trinajstić information content (AvgIpc) is 3.51. The lowest BCUT2D eigenvalue weighted by Gasteiger charge is -2.47. The molecule has 0 unspecified atom stereocenters. The topological polar surface area (TPSA) is 65.0 Å². The zero-order valence-electron chi connectivity index (χ0n) is 19.2. The first-order chi connectivity index (χ1) is 15.3. The zero-order chi connectivity index (χ0) is 21.4. The Morgan fingerprint density at radius 3 is 2.61 bits per heavy atom. The molecule has 3 heterocycles. The van der Waals surface area contributed by atoms with Crippen molar-refractivity contribution in [1.29, 1.82) is 0 Å². The van der Waals surface area contributed by atoms with Crippen LogP contribution in [0, 0.1) is 0 Å². The Balaban J connectivity index is 1.32. The Morgan fingerprint density at radius 2 is 1.87 bits per heavy atom. The Morgan fingerprint density at radius 1 is 1.10 bits per heavy atom. The van der Waals surface area contributed by atoms with Gasteiger partial charge in [-0.15, -0.1) is 11.3 Å². The van der Waals surface area contributed by atoms with Crippen molar-refractivity contribution in [2.24, 2.45) is 4.99 Å². The van der Waals surface area contributed by atoms with Crippen LogP contribution >= 0.6 is 11.3 Å². The summed E-state index contributed by atoms with van der Waals surface area (Å²) in [4.78, 5) is 15.0. The summed E-state index contributed by atoms with van der Waals surface area (Å²) in [5.74, 6) is 0.940. The first-order valence-corrected chi connectivity index (χ1v) is 13.2. The molecule has 0 bridgehead atoms. The van der Waals surface area contributed by atoms with Gasteiger partial charge in [-0.25, -0.2) is 4.98 Å². The fraction of sp³-hybridized carbons (Fsp3) is 0.826. The van der Waals surface area contributed by atoms with Gasteiger partial charge in [-0.05, 0) is 32.6 Å². The molecular weight excluding hydrogens is 408 g/mol. The van der Waals surface area contributed by atoms with Crippen LogP contribution < -0.4 is 15.5 Å². The van der Waals surface area contributed by atoms with Crippen LogP contribution in [0.4, 0.5) is 5.13 Å². The molecular formula is C23H40N6OS. The predicted octanol–water partition coefficient (Wildman–Crippen LogP) is 2.88. The summed E-state index contributed by atoms with van der Waals surface area (Å²) in [7, 11) is 0. The molecule has 2 aliphatic heterocycles. The van der Waals surface area contributed by atoms with E-state index in [1.165, 1.54) is 55.8 Å². The third-order valence-corrected chi connectivity index (χ3v) is 7.88. The maximum absolute atomic E-state index is 5.62. The average molecular weight is 449 g/mol. The van der Waals surface area contributed by atoms with Crippen LogP contribution in [0.25, 0.3) is 0 Å². The van der Waals surface area contributed by atoms with Gasteiger partial charge in [0.25, 0.3) is 0 Å². The maximum Gasteiger partial charge on any atom is 0.191 e. The summed E-state index contributed by atoms with van der Waals surface area (Å²) in [6.45, 7) is 10.9. The second kappa shape index (κ2) is 11.5. The van der Waals surface area contributed by atoms with Crippen LogP contribution in [0.2, 0.25) is 0 Å². The maximum atomic E-state index is 5.62. The van der Waals surface area contributed by atoms with Gasteiger partial charge in [0.1, 0.15) is 0 Å². The number of aliphatic imine (C=N–C) groups is 1. The molecule has 31 heavy (non-hydrogen) atoms. The molecule has 0 aromatic carbocycles. The Kier molecular flexibility index (Phi) is 8.44. The molecule has 1 aromatic rings. The highest BCUT2D eigenvalue weighted by atomic mass is 32.1. The highest BCUT2D eigenvalue weighted by molar-refractivity contribution is 7.13. The minimum absolute atomic E-state index is 0.212. The van der Waals surface area contributed by atoms with Crippen LogP contribution in [-0.2, 0) is 11.2 Å². The van der Waals surface area contributed by atoms with Gasteiger partial charge in [-0.3, -0.25) is 9.89 Å². The molecule has 1 aromatic heterocycles. The molecule has 0 radical (unpaired) electrons. The minimum atomic E-state index is 0.212. The molecule has 8 heteroatoms. The smallest absolute Gasteiger partial charge is 0.191 e. The van der Waals surface area contributed by atoms with Crippen molar-refractivity contribution in [3.05, 3.63) is 11.1 Å². The largest absolute Gasteiger partial charge is 0.379 e. The Labute approximate surface area is 191 Å². The number of rotatable bonds is 8. The van der Waals surface area contributed by atoms with E-state index in [0.29, 0.717) is 0 Å². The van der Waals surface area contributed by atoms with E-state index in [2.05, 4.69) is 32.7 Å². The molecule has 2 N–H and O–H groups in total. The lowest BCUT2D eigenvalue weighted by molar-refractivity contribution is -0.0333. The molecule has 0 atom stereocenters. The Bertz CT molecular complexity index is 690. The number of nitrogens with zero attached hydrogens (tertiary/aromatic N) is 4. The first-order valence-electron chi connectivity index (χ1n) is 12.3. The number of thiazole rings is 1. The molecule has 1 aliphatic carbocycles. The monoisotopic (exact) mass is 448 g/mol. The minimum Gasteiger partial charge on any atom is -0.379 e. The van der Waals surface area contributed by atoms with Crippen molar-refractivity contribution in [3.63, 3.8) is 0 Å². The molecule has 4 rings (SSSR count). The van der Waals surface area contributed by atoms with Gasteiger partial charge in [-0.1, -0.05) is 19.3 Å². The van der Waals surface area contributed by atoms with Crippen LogP contribution in [0.1, 0.15) is 57.6 Å². The van der Waals surface area contributed by atoms with Gasteiger partial charge in [0, 0.05) is 56.6 Å². The predicted molar refractivity (Wildman–Crippen MR) is 129 cm³/mol. The normalized spacial score (nSPS) is 22.6. The quantitative estimate of drug-likeness (QED) is 0.471. The van der Waals surface area contributed by atoms with E-state index in [0.717, 1.165) is 71.4 Å². The molecule has 3 fully saturated rings. The highest BCUT2D eigenvalue weighted by Gasteiger charge is 2.38. The fourth-order valence-corrected chi connectivity index (χ4v) is 6.08. The van der Waals surface area contributed by atoms with Gasteiger partial charge in [0.05, 0.1) is 25.5 Å². The third kappa shape index (κ3) is 6.11. The second-order valence-electron chi connectivity index (χ2n) is 9.07. The SMILES string of the molecule is CCNC(=NCC1(N2CCOCC2)CCCCC1)NCCc1csc(N2CCCC2)n1. The molecule has 2 saturated heterocycles. The van der Waals surface area contributed by atoms with Gasteiger partial charge < -0.3 is 20.3 Å². The van der Waals surface area contributed by atoms with Crippen LogP contribution in [-0.4, -0.2) is 80.4 Å². The molecule has 1 saturated carbocycles.